The molecular formula is C11H16ClFN2. The molecule has 1 aliphatic heterocycles. The monoisotopic (exact) mass is 230 g/mol. The number of hydrogen-bond donors (Lipinski definition) is 1. The quantitative estimate of drug-likeness (QED) is 0.831. The predicted molar refractivity (Wildman–Crippen MR) is 61.8 cm³/mol. The van der Waals surface area contributed by atoms with Gasteiger partial charge in [0.1, 0.15) is 5.82 Å². The lowest BCUT2D eigenvalue weighted by atomic mass is 10.2. The highest BCUT2D eigenvalue weighted by Crippen LogP contribution is 2.07. The van der Waals surface area contributed by atoms with E-state index in [1.54, 1.807) is 12.1 Å². The molecule has 15 heavy (non-hydrogen) atoms. The van der Waals surface area contributed by atoms with E-state index in [1.807, 2.05) is 6.07 Å². The highest BCUT2D eigenvalue weighted by molar-refractivity contribution is 5.85. The number of rotatable bonds is 2. The number of halogens is 2. The molecule has 1 aromatic rings. The van der Waals surface area contributed by atoms with E-state index in [1.165, 1.54) is 6.07 Å². The van der Waals surface area contributed by atoms with E-state index in [0.29, 0.717) is 0 Å². The fraction of sp³-hybridized carbons (Fsp3) is 0.455. The second kappa shape index (κ2) is 6.05. The molecule has 0 atom stereocenters. The molecule has 1 aliphatic rings. The Labute approximate surface area is 95.9 Å². The smallest absolute Gasteiger partial charge is 0.123 e. The van der Waals surface area contributed by atoms with Crippen LogP contribution in [0, 0.1) is 5.82 Å². The van der Waals surface area contributed by atoms with Crippen molar-refractivity contribution in [3.63, 3.8) is 0 Å². The molecular weight excluding hydrogens is 215 g/mol. The van der Waals surface area contributed by atoms with Crippen LogP contribution in [-0.4, -0.2) is 31.1 Å². The molecule has 0 unspecified atom stereocenters. The molecule has 1 N–H and O–H groups in total. The number of nitrogens with zero attached hydrogens (tertiary/aromatic N) is 1. The van der Waals surface area contributed by atoms with E-state index in [2.05, 4.69) is 10.2 Å². The first-order valence-corrected chi connectivity index (χ1v) is 5.02. The maximum Gasteiger partial charge on any atom is 0.123 e. The molecule has 1 aromatic carbocycles. The first kappa shape index (κ1) is 12.4. The van der Waals surface area contributed by atoms with Crippen LogP contribution in [0.25, 0.3) is 0 Å². The van der Waals surface area contributed by atoms with E-state index in [9.17, 15) is 4.39 Å². The van der Waals surface area contributed by atoms with Crippen LogP contribution in [0.2, 0.25) is 0 Å². The van der Waals surface area contributed by atoms with Crippen molar-refractivity contribution in [2.75, 3.05) is 26.2 Å². The second-order valence-corrected chi connectivity index (χ2v) is 3.66. The molecule has 2 rings (SSSR count). The zero-order valence-electron chi connectivity index (χ0n) is 8.58. The lowest BCUT2D eigenvalue weighted by Gasteiger charge is -2.27. The summed E-state index contributed by atoms with van der Waals surface area (Å²) in [6.45, 7) is 5.04. The summed E-state index contributed by atoms with van der Waals surface area (Å²) in [6, 6.07) is 6.85. The van der Waals surface area contributed by atoms with Gasteiger partial charge in [-0.15, -0.1) is 12.4 Å². The predicted octanol–water partition coefficient (Wildman–Crippen LogP) is 1.65. The standard InChI is InChI=1S/C11H15FN2.ClH/c12-11-3-1-2-10(8-11)9-14-6-4-13-5-7-14;/h1-3,8,13H,4-7,9H2;1H. The fourth-order valence-electron chi connectivity index (χ4n) is 1.76. The summed E-state index contributed by atoms with van der Waals surface area (Å²) < 4.78 is 12.9. The summed E-state index contributed by atoms with van der Waals surface area (Å²) in [6.07, 6.45) is 0. The Kier molecular flexibility index (Phi) is 5.02. The highest BCUT2D eigenvalue weighted by Gasteiger charge is 2.09. The van der Waals surface area contributed by atoms with Crippen LogP contribution in [-0.2, 0) is 6.54 Å². The minimum Gasteiger partial charge on any atom is -0.314 e. The number of hydrogen-bond acceptors (Lipinski definition) is 2. The Balaban J connectivity index is 0.00000112. The lowest BCUT2D eigenvalue weighted by molar-refractivity contribution is 0.233. The molecule has 0 aromatic heterocycles. The molecule has 4 heteroatoms. The maximum atomic E-state index is 12.9. The molecule has 0 amide bonds. The summed E-state index contributed by atoms with van der Waals surface area (Å²) in [5.74, 6) is -0.141. The van der Waals surface area contributed by atoms with E-state index in [-0.39, 0.29) is 18.2 Å². The van der Waals surface area contributed by atoms with Gasteiger partial charge in [-0.2, -0.15) is 0 Å². The van der Waals surface area contributed by atoms with Crippen molar-refractivity contribution in [1.29, 1.82) is 0 Å². The third kappa shape index (κ3) is 3.78. The van der Waals surface area contributed by atoms with Gasteiger partial charge in [-0.3, -0.25) is 4.90 Å². The fourth-order valence-corrected chi connectivity index (χ4v) is 1.76. The number of benzene rings is 1. The van der Waals surface area contributed by atoms with Gasteiger partial charge in [0.15, 0.2) is 0 Å². The summed E-state index contributed by atoms with van der Waals surface area (Å²) in [7, 11) is 0. The molecule has 1 fully saturated rings. The van der Waals surface area contributed by atoms with Crippen molar-refractivity contribution in [2.24, 2.45) is 0 Å². The Bertz CT molecular complexity index is 300. The zero-order chi connectivity index (χ0) is 9.80. The van der Waals surface area contributed by atoms with Gasteiger partial charge in [-0.1, -0.05) is 12.1 Å². The van der Waals surface area contributed by atoms with Gasteiger partial charge in [0.2, 0.25) is 0 Å². The van der Waals surface area contributed by atoms with E-state index in [0.717, 1.165) is 38.3 Å². The van der Waals surface area contributed by atoms with Crippen LogP contribution in [0.4, 0.5) is 4.39 Å². The third-order valence-corrected chi connectivity index (χ3v) is 2.50. The Morgan fingerprint density at radius 3 is 2.67 bits per heavy atom. The molecule has 0 bridgehead atoms. The van der Waals surface area contributed by atoms with Crippen molar-refractivity contribution in [1.82, 2.24) is 10.2 Å². The minimum absolute atomic E-state index is 0. The zero-order valence-corrected chi connectivity index (χ0v) is 9.39. The van der Waals surface area contributed by atoms with Gasteiger partial charge in [-0.05, 0) is 17.7 Å². The Morgan fingerprint density at radius 2 is 2.00 bits per heavy atom. The molecule has 0 radical (unpaired) electrons. The van der Waals surface area contributed by atoms with Crippen LogP contribution in [0.5, 0.6) is 0 Å². The average Bonchev–Trinajstić information content (AvgIpc) is 2.19. The number of nitrogens with one attached hydrogen (secondary N) is 1. The summed E-state index contributed by atoms with van der Waals surface area (Å²) in [5, 5.41) is 3.30. The normalized spacial score (nSPS) is 17.1. The summed E-state index contributed by atoms with van der Waals surface area (Å²) in [5.41, 5.74) is 1.06. The van der Waals surface area contributed by atoms with Gasteiger partial charge in [-0.25, -0.2) is 4.39 Å². The van der Waals surface area contributed by atoms with E-state index >= 15 is 0 Å². The first-order chi connectivity index (χ1) is 6.84. The van der Waals surface area contributed by atoms with E-state index < -0.39 is 0 Å². The third-order valence-electron chi connectivity index (χ3n) is 2.50. The maximum absolute atomic E-state index is 12.9. The van der Waals surface area contributed by atoms with Crippen molar-refractivity contribution >= 4 is 12.4 Å². The molecule has 0 spiro atoms. The second-order valence-electron chi connectivity index (χ2n) is 3.66. The van der Waals surface area contributed by atoms with Crippen molar-refractivity contribution in [3.05, 3.63) is 35.6 Å². The molecule has 1 heterocycles. The highest BCUT2D eigenvalue weighted by atomic mass is 35.5. The van der Waals surface area contributed by atoms with E-state index in [4.69, 9.17) is 0 Å². The van der Waals surface area contributed by atoms with Gasteiger partial charge in [0.25, 0.3) is 0 Å². The summed E-state index contributed by atoms with van der Waals surface area (Å²) >= 11 is 0. The van der Waals surface area contributed by atoms with Crippen LogP contribution in [0.15, 0.2) is 24.3 Å². The Morgan fingerprint density at radius 1 is 1.27 bits per heavy atom. The average molecular weight is 231 g/mol. The van der Waals surface area contributed by atoms with Crippen molar-refractivity contribution < 1.29 is 4.39 Å². The molecule has 84 valence electrons. The molecule has 0 saturated carbocycles. The van der Waals surface area contributed by atoms with Gasteiger partial charge >= 0.3 is 0 Å². The molecule has 2 nitrogen and oxygen atoms in total. The SMILES string of the molecule is Cl.Fc1cccc(CN2CCNCC2)c1. The first-order valence-electron chi connectivity index (χ1n) is 5.02. The lowest BCUT2D eigenvalue weighted by Crippen LogP contribution is -2.42. The van der Waals surface area contributed by atoms with Crippen LogP contribution >= 0.6 is 12.4 Å². The summed E-state index contributed by atoms with van der Waals surface area (Å²) in [4.78, 5) is 2.34. The molecule has 1 saturated heterocycles. The topological polar surface area (TPSA) is 15.3 Å². The van der Waals surface area contributed by atoms with Crippen LogP contribution < -0.4 is 5.32 Å². The van der Waals surface area contributed by atoms with Crippen LogP contribution in [0.1, 0.15) is 5.56 Å². The largest absolute Gasteiger partial charge is 0.314 e. The van der Waals surface area contributed by atoms with Crippen LogP contribution in [0.3, 0.4) is 0 Å². The van der Waals surface area contributed by atoms with Crippen molar-refractivity contribution in [3.8, 4) is 0 Å². The number of piperazine rings is 1. The van der Waals surface area contributed by atoms with Gasteiger partial charge in [0.05, 0.1) is 0 Å². The minimum atomic E-state index is -0.141. The van der Waals surface area contributed by atoms with Gasteiger partial charge < -0.3 is 5.32 Å². The van der Waals surface area contributed by atoms with Crippen molar-refractivity contribution in [2.45, 2.75) is 6.54 Å². The van der Waals surface area contributed by atoms with Gasteiger partial charge in [0, 0.05) is 32.7 Å². The Hall–Kier alpha value is -0.640. The molecule has 0 aliphatic carbocycles.